The van der Waals surface area contributed by atoms with Crippen LogP contribution in [0.2, 0.25) is 0 Å². The van der Waals surface area contributed by atoms with Gasteiger partial charge in [0.05, 0.1) is 0 Å². The topological polar surface area (TPSA) is 12.0 Å². The van der Waals surface area contributed by atoms with Crippen molar-refractivity contribution >= 4 is 0 Å². The molecule has 1 N–H and O–H groups in total. The second-order valence-electron chi connectivity index (χ2n) is 6.37. The molecule has 0 bridgehead atoms. The summed E-state index contributed by atoms with van der Waals surface area (Å²) in [6, 6.07) is 32.7. The van der Waals surface area contributed by atoms with Gasteiger partial charge < -0.3 is 5.32 Å². The summed E-state index contributed by atoms with van der Waals surface area (Å²) in [5.41, 5.74) is 4.11. The van der Waals surface area contributed by atoms with E-state index in [4.69, 9.17) is 0 Å². The molecule has 3 aromatic rings. The lowest BCUT2D eigenvalue weighted by Gasteiger charge is -2.22. The Kier molecular flexibility index (Phi) is 5.81. The smallest absolute Gasteiger partial charge is 0.0214 e. The lowest BCUT2D eigenvalue weighted by Crippen LogP contribution is -2.32. The van der Waals surface area contributed by atoms with Crippen LogP contribution in [0, 0.1) is 0 Å². The molecule has 1 atom stereocenters. The average Bonchev–Trinajstić information content (AvgIpc) is 2.64. The molecule has 0 fully saturated rings. The molecule has 24 heavy (non-hydrogen) atoms. The number of rotatable bonds is 7. The first-order chi connectivity index (χ1) is 11.8. The molecule has 0 aliphatic heterocycles. The van der Waals surface area contributed by atoms with E-state index in [0.29, 0.717) is 12.0 Å². The lowest BCUT2D eigenvalue weighted by molar-refractivity contribution is 0.526. The van der Waals surface area contributed by atoms with Gasteiger partial charge in [0.15, 0.2) is 0 Å². The minimum atomic E-state index is 0.380. The van der Waals surface area contributed by atoms with E-state index in [1.165, 1.54) is 16.7 Å². The van der Waals surface area contributed by atoms with Gasteiger partial charge in [-0.25, -0.2) is 0 Å². The Hall–Kier alpha value is -2.38. The van der Waals surface area contributed by atoms with Gasteiger partial charge in [-0.3, -0.25) is 0 Å². The lowest BCUT2D eigenvalue weighted by atomic mass is 9.91. The van der Waals surface area contributed by atoms with Crippen LogP contribution in [0.25, 0.3) is 0 Å². The van der Waals surface area contributed by atoms with Crippen molar-refractivity contribution in [1.82, 2.24) is 5.32 Å². The number of hydrogen-bond acceptors (Lipinski definition) is 1. The fourth-order valence-electron chi connectivity index (χ4n) is 3.16. The largest absolute Gasteiger partial charge is 0.313 e. The van der Waals surface area contributed by atoms with Gasteiger partial charge in [-0.05, 0) is 30.0 Å². The summed E-state index contributed by atoms with van der Waals surface area (Å²) in [5.74, 6) is 0.380. The molecule has 1 heteroatoms. The standard InChI is InChI=1S/C23H25N/c1-19(17-20-11-5-2-6-12-20)24-18-23(21-13-7-3-8-14-21)22-15-9-4-10-16-22/h2-16,19,23-24H,17-18H2,1H3. The second kappa shape index (κ2) is 8.47. The van der Waals surface area contributed by atoms with E-state index in [2.05, 4.69) is 103 Å². The van der Waals surface area contributed by atoms with Gasteiger partial charge in [-0.1, -0.05) is 91.0 Å². The number of hydrogen-bond donors (Lipinski definition) is 1. The second-order valence-corrected chi connectivity index (χ2v) is 6.37. The highest BCUT2D eigenvalue weighted by atomic mass is 14.9. The molecule has 1 unspecified atom stereocenters. The summed E-state index contributed by atoms with van der Waals surface area (Å²) in [5, 5.41) is 3.73. The van der Waals surface area contributed by atoms with E-state index >= 15 is 0 Å². The summed E-state index contributed by atoms with van der Waals surface area (Å²) in [6.45, 7) is 3.21. The normalized spacial score (nSPS) is 12.2. The van der Waals surface area contributed by atoms with Crippen LogP contribution in [0.15, 0.2) is 91.0 Å². The van der Waals surface area contributed by atoms with Crippen molar-refractivity contribution in [3.8, 4) is 0 Å². The van der Waals surface area contributed by atoms with E-state index in [0.717, 1.165) is 13.0 Å². The van der Waals surface area contributed by atoms with Crippen molar-refractivity contribution in [3.63, 3.8) is 0 Å². The van der Waals surface area contributed by atoms with Crippen LogP contribution in [0.3, 0.4) is 0 Å². The van der Waals surface area contributed by atoms with Crippen molar-refractivity contribution in [1.29, 1.82) is 0 Å². The van der Waals surface area contributed by atoms with Crippen molar-refractivity contribution in [2.75, 3.05) is 6.54 Å². The van der Waals surface area contributed by atoms with E-state index < -0.39 is 0 Å². The summed E-state index contributed by atoms with van der Waals surface area (Å²) in [4.78, 5) is 0. The Labute approximate surface area is 145 Å². The van der Waals surface area contributed by atoms with Crippen molar-refractivity contribution in [3.05, 3.63) is 108 Å². The molecule has 3 aromatic carbocycles. The zero-order valence-corrected chi connectivity index (χ0v) is 14.2. The third-order valence-corrected chi connectivity index (χ3v) is 4.46. The maximum absolute atomic E-state index is 3.73. The third kappa shape index (κ3) is 4.56. The Balaban J connectivity index is 1.68. The van der Waals surface area contributed by atoms with E-state index in [1.807, 2.05) is 0 Å². The summed E-state index contributed by atoms with van der Waals surface area (Å²) >= 11 is 0. The van der Waals surface area contributed by atoms with Crippen LogP contribution in [-0.4, -0.2) is 12.6 Å². The van der Waals surface area contributed by atoms with Gasteiger partial charge in [0.2, 0.25) is 0 Å². The summed E-state index contributed by atoms with van der Waals surface area (Å²) < 4.78 is 0. The first-order valence-electron chi connectivity index (χ1n) is 8.70. The van der Waals surface area contributed by atoms with E-state index in [1.54, 1.807) is 0 Å². The fraction of sp³-hybridized carbons (Fsp3) is 0.217. The van der Waals surface area contributed by atoms with Gasteiger partial charge in [0.25, 0.3) is 0 Å². The van der Waals surface area contributed by atoms with Gasteiger partial charge in [-0.2, -0.15) is 0 Å². The Morgan fingerprint density at radius 2 is 1.12 bits per heavy atom. The predicted octanol–water partition coefficient (Wildman–Crippen LogP) is 5.04. The number of nitrogens with one attached hydrogen (secondary N) is 1. The monoisotopic (exact) mass is 315 g/mol. The van der Waals surface area contributed by atoms with Gasteiger partial charge >= 0.3 is 0 Å². The highest BCUT2D eigenvalue weighted by Gasteiger charge is 2.14. The summed E-state index contributed by atoms with van der Waals surface area (Å²) in [6.07, 6.45) is 1.05. The fourth-order valence-corrected chi connectivity index (χ4v) is 3.16. The van der Waals surface area contributed by atoms with Crippen molar-refractivity contribution < 1.29 is 0 Å². The van der Waals surface area contributed by atoms with Crippen LogP contribution in [-0.2, 0) is 6.42 Å². The maximum atomic E-state index is 3.73. The molecule has 0 heterocycles. The van der Waals surface area contributed by atoms with Crippen molar-refractivity contribution in [2.45, 2.75) is 25.3 Å². The minimum absolute atomic E-state index is 0.380. The third-order valence-electron chi connectivity index (χ3n) is 4.46. The van der Waals surface area contributed by atoms with Crippen LogP contribution >= 0.6 is 0 Å². The zero-order valence-electron chi connectivity index (χ0n) is 14.2. The molecular formula is C23H25N. The first kappa shape index (κ1) is 16.5. The highest BCUT2D eigenvalue weighted by molar-refractivity contribution is 5.32. The molecular weight excluding hydrogens is 290 g/mol. The first-order valence-corrected chi connectivity index (χ1v) is 8.70. The molecule has 0 amide bonds. The van der Waals surface area contributed by atoms with Gasteiger partial charge in [0, 0.05) is 18.5 Å². The molecule has 0 radical (unpaired) electrons. The Bertz CT molecular complexity index is 667. The van der Waals surface area contributed by atoms with Crippen molar-refractivity contribution in [2.24, 2.45) is 0 Å². The zero-order chi connectivity index (χ0) is 16.6. The highest BCUT2D eigenvalue weighted by Crippen LogP contribution is 2.23. The molecule has 0 aliphatic carbocycles. The Morgan fingerprint density at radius 3 is 1.62 bits per heavy atom. The van der Waals surface area contributed by atoms with E-state index in [9.17, 15) is 0 Å². The quantitative estimate of drug-likeness (QED) is 0.644. The minimum Gasteiger partial charge on any atom is -0.313 e. The molecule has 0 saturated heterocycles. The summed E-state index contributed by atoms with van der Waals surface area (Å²) in [7, 11) is 0. The van der Waals surface area contributed by atoms with Crippen LogP contribution in [0.1, 0.15) is 29.5 Å². The van der Waals surface area contributed by atoms with Gasteiger partial charge in [-0.15, -0.1) is 0 Å². The van der Waals surface area contributed by atoms with Crippen LogP contribution < -0.4 is 5.32 Å². The molecule has 3 rings (SSSR count). The van der Waals surface area contributed by atoms with E-state index in [-0.39, 0.29) is 0 Å². The van der Waals surface area contributed by atoms with Crippen LogP contribution in [0.4, 0.5) is 0 Å². The number of benzene rings is 3. The van der Waals surface area contributed by atoms with Crippen LogP contribution in [0.5, 0.6) is 0 Å². The molecule has 1 nitrogen and oxygen atoms in total. The molecule has 122 valence electrons. The molecule has 0 saturated carbocycles. The average molecular weight is 315 g/mol. The molecule has 0 aliphatic rings. The SMILES string of the molecule is CC(Cc1ccccc1)NCC(c1ccccc1)c1ccccc1. The Morgan fingerprint density at radius 1 is 0.667 bits per heavy atom. The molecule has 0 spiro atoms. The van der Waals surface area contributed by atoms with Gasteiger partial charge in [0.1, 0.15) is 0 Å². The predicted molar refractivity (Wildman–Crippen MR) is 102 cm³/mol. The molecule has 0 aromatic heterocycles. The maximum Gasteiger partial charge on any atom is 0.0214 e.